The van der Waals surface area contributed by atoms with E-state index in [-0.39, 0.29) is 50.8 Å². The lowest BCUT2D eigenvalue weighted by molar-refractivity contribution is -0.385. The molecule has 0 saturated carbocycles. The van der Waals surface area contributed by atoms with Crippen molar-refractivity contribution in [1.82, 2.24) is 19.9 Å². The average Bonchev–Trinajstić information content (AvgIpc) is 3.66. The summed E-state index contributed by atoms with van der Waals surface area (Å²) >= 11 is 5.44. The number of pyridine rings is 3. The van der Waals surface area contributed by atoms with Gasteiger partial charge in [-0.05, 0) is 106 Å². The van der Waals surface area contributed by atoms with Gasteiger partial charge in [-0.15, -0.1) is 0 Å². The number of halogens is 4. The molecule has 4 aromatic heterocycles. The first-order valence-corrected chi connectivity index (χ1v) is 22.0. The molecule has 0 spiro atoms. The number of methoxy groups -OCH3 is 3. The van der Waals surface area contributed by atoms with Gasteiger partial charge in [-0.1, -0.05) is 17.7 Å². The van der Waals surface area contributed by atoms with Gasteiger partial charge in [0.2, 0.25) is 5.15 Å². The Morgan fingerprint density at radius 2 is 1.14 bits per heavy atom. The summed E-state index contributed by atoms with van der Waals surface area (Å²) in [5, 5.41) is 39.3. The van der Waals surface area contributed by atoms with Crippen LogP contribution in [-0.4, -0.2) is 88.1 Å². The molecule has 0 bridgehead atoms. The van der Waals surface area contributed by atoms with E-state index in [1.54, 1.807) is 26.1 Å². The number of nitro groups is 2. The Morgan fingerprint density at radius 3 is 1.64 bits per heavy atom. The fourth-order valence-electron chi connectivity index (χ4n) is 5.70. The number of rotatable bonds is 13. The molecule has 0 unspecified atom stereocenters. The van der Waals surface area contributed by atoms with Crippen molar-refractivity contribution in [2.24, 2.45) is 0 Å². The number of aromatic amines is 1. The molecule has 0 atom stereocenters. The van der Waals surface area contributed by atoms with E-state index < -0.39 is 37.2 Å². The number of hydrogen-bond acceptors (Lipinski definition) is 15. The molecule has 69 heavy (non-hydrogen) atoms. The van der Waals surface area contributed by atoms with Crippen LogP contribution in [0.4, 0.5) is 24.5 Å². The summed E-state index contributed by atoms with van der Waals surface area (Å²) in [5.74, 6) is -1.17. The van der Waals surface area contributed by atoms with Crippen LogP contribution in [0.5, 0.6) is 17.2 Å². The highest BCUT2D eigenvalue weighted by Crippen LogP contribution is 2.39. The first-order valence-electron chi connectivity index (χ1n) is 20.5. The van der Waals surface area contributed by atoms with Gasteiger partial charge in [0.15, 0.2) is 34.7 Å². The Hall–Kier alpha value is -6.52. The van der Waals surface area contributed by atoms with Crippen LogP contribution in [0.2, 0.25) is 5.15 Å². The average molecular weight is 1000 g/mol. The first kappa shape index (κ1) is 56.8. The molecule has 0 aliphatic rings. The number of fused-ring (bicyclic) bond motifs is 3. The van der Waals surface area contributed by atoms with Gasteiger partial charge in [0, 0.05) is 47.7 Å². The summed E-state index contributed by atoms with van der Waals surface area (Å²) in [6.07, 6.45) is 4.76. The molecule has 368 valence electrons. The monoisotopic (exact) mass is 1000 g/mol. The smallest absolute Gasteiger partial charge is 0.488 e. The largest absolute Gasteiger partial charge is 0.494 e. The second-order valence-electron chi connectivity index (χ2n) is 13.9. The minimum absolute atomic E-state index is 0.0689. The quantitative estimate of drug-likeness (QED) is 0.0320. The maximum atomic E-state index is 13.6. The predicted octanol–water partition coefficient (Wildman–Crippen LogP) is 10.1. The van der Waals surface area contributed by atoms with E-state index >= 15 is 0 Å². The number of H-pyrrole nitrogens is 1. The van der Waals surface area contributed by atoms with Crippen molar-refractivity contribution in [2.75, 3.05) is 41.2 Å². The highest BCUT2D eigenvalue weighted by molar-refractivity contribution is 7.41. The number of aryl methyl sites for hydroxylation is 3. The van der Waals surface area contributed by atoms with Crippen molar-refractivity contribution in [3.63, 3.8) is 0 Å². The summed E-state index contributed by atoms with van der Waals surface area (Å²) in [6, 6.07) is 15.7. The van der Waals surface area contributed by atoms with Gasteiger partial charge in [-0.3, -0.25) is 25.2 Å². The molecule has 3 aromatic carbocycles. The summed E-state index contributed by atoms with van der Waals surface area (Å²) in [4.78, 5) is 35.4. The van der Waals surface area contributed by atoms with Crippen LogP contribution in [0.15, 0.2) is 85.3 Å². The van der Waals surface area contributed by atoms with E-state index in [1.807, 2.05) is 33.8 Å². The molecule has 0 aliphatic heterocycles. The van der Waals surface area contributed by atoms with Crippen LogP contribution < -0.4 is 19.7 Å². The molecule has 0 radical (unpaired) electrons. The molecular weight excluding hydrogens is 951 g/mol. The van der Waals surface area contributed by atoms with Crippen molar-refractivity contribution in [3.05, 3.63) is 145 Å². The van der Waals surface area contributed by atoms with Gasteiger partial charge in [-0.2, -0.15) is 0 Å². The van der Waals surface area contributed by atoms with E-state index in [0.717, 1.165) is 39.1 Å². The van der Waals surface area contributed by atoms with E-state index in [1.165, 1.54) is 82.3 Å². The van der Waals surface area contributed by atoms with E-state index in [2.05, 4.69) is 24.7 Å². The van der Waals surface area contributed by atoms with Gasteiger partial charge in [-0.25, -0.2) is 23.1 Å². The van der Waals surface area contributed by atoms with Crippen molar-refractivity contribution < 1.29 is 60.8 Å². The number of ether oxygens (including phenoxy) is 3. The fraction of sp³-hybridized carbons (Fsp3) is 0.267. The van der Waals surface area contributed by atoms with Crippen molar-refractivity contribution in [1.29, 1.82) is 0 Å². The van der Waals surface area contributed by atoms with Crippen LogP contribution >= 0.6 is 20.2 Å². The minimum atomic E-state index is -1.65. The third-order valence-corrected chi connectivity index (χ3v) is 10.5. The lowest BCUT2D eigenvalue weighted by atomic mass is 9.80. The van der Waals surface area contributed by atoms with E-state index in [9.17, 15) is 33.4 Å². The van der Waals surface area contributed by atoms with Gasteiger partial charge in [0.05, 0.1) is 67.5 Å². The summed E-state index contributed by atoms with van der Waals surface area (Å²) in [5.41, 5.74) is 5.27. The molecule has 0 saturated heterocycles. The maximum absolute atomic E-state index is 13.6. The van der Waals surface area contributed by atoms with Gasteiger partial charge in [0.25, 0.3) is 5.69 Å². The van der Waals surface area contributed by atoms with Crippen LogP contribution in [0.25, 0.3) is 33.2 Å². The van der Waals surface area contributed by atoms with Gasteiger partial charge < -0.3 is 42.8 Å². The fourth-order valence-corrected chi connectivity index (χ4v) is 6.73. The van der Waals surface area contributed by atoms with E-state index in [4.69, 9.17) is 44.7 Å². The molecule has 4 heterocycles. The highest BCUT2D eigenvalue weighted by atomic mass is 35.5. The zero-order valence-corrected chi connectivity index (χ0v) is 40.6. The number of nitrogens with one attached hydrogen (secondary N) is 1. The number of aromatic nitrogens is 4. The molecule has 24 heteroatoms. The zero-order valence-electron chi connectivity index (χ0n) is 39.0. The molecule has 7 aromatic rings. The molecule has 3 N–H and O–H groups in total. The Labute approximate surface area is 401 Å². The third-order valence-electron chi connectivity index (χ3n) is 8.80. The molecular formula is C45H50BClF3N6O12P. The Balaban J connectivity index is 0.000000234. The van der Waals surface area contributed by atoms with Gasteiger partial charge >= 0.3 is 21.4 Å². The van der Waals surface area contributed by atoms with Crippen LogP contribution in [0, 0.1) is 58.5 Å². The van der Waals surface area contributed by atoms with Crippen LogP contribution in [-0.2, 0) is 13.6 Å². The first-order chi connectivity index (χ1) is 32.8. The topological polar surface area (TPSA) is 237 Å². The van der Waals surface area contributed by atoms with Gasteiger partial charge in [0.1, 0.15) is 5.69 Å². The summed E-state index contributed by atoms with van der Waals surface area (Å²) in [6.45, 7) is 13.1. The molecule has 0 fully saturated rings. The van der Waals surface area contributed by atoms with E-state index in [0.29, 0.717) is 30.9 Å². The zero-order chi connectivity index (χ0) is 51.4. The molecule has 0 amide bonds. The van der Waals surface area contributed by atoms with Crippen LogP contribution in [0.3, 0.4) is 0 Å². The standard InChI is InChI=1S/C13H11FN2O3.C13H11FN2O.C7H8BFO3.C6H5ClN2O2.C6H15O3P/c1-8-5-11(16(17)18)13(15-7-8)9-3-4-12(19-2)10(14)6-9;1-7-3-11-13(15-6-7)8-4-9(14)12(17-2)5-10(8)16-11;1-12-7-3-2-5(8(10)11)4-6(7)9;1-4-2-5(9(10)11)6(7)8-3-4;1-4-7-10(8-5-2)9-6-3/h3-7H,1-2H3;3-6,16H,1-2H3;2-4,10-11H,1H3;2-3H,1H3;4-6H2,1-3H3. The van der Waals surface area contributed by atoms with Crippen molar-refractivity contribution in [3.8, 4) is 28.5 Å². The number of nitrogens with zero attached hydrogens (tertiary/aromatic N) is 5. The minimum Gasteiger partial charge on any atom is -0.494 e. The Bertz CT molecular complexity index is 2800. The SMILES string of the molecule is CCOP(OCC)OCC.COc1cc2[nH]c3cc(C)cnc3c2cc1F.COc1ccc(-c2ncc(C)cc2[N+](=O)[O-])cc1F.COc1ccc(B(O)O)cc1F.Cc1cnc(Cl)c([N+](=O)[O-])c1. The summed E-state index contributed by atoms with van der Waals surface area (Å²) in [7, 11) is 1.44. The van der Waals surface area contributed by atoms with Crippen molar-refractivity contribution >= 4 is 66.1 Å². The summed E-state index contributed by atoms with van der Waals surface area (Å²) < 4.78 is 70.0. The number of benzene rings is 3. The Morgan fingerprint density at radius 1 is 0.652 bits per heavy atom. The lowest BCUT2D eigenvalue weighted by Crippen LogP contribution is -2.29. The Kier molecular flexibility index (Phi) is 23.1. The maximum Gasteiger partial charge on any atom is 0.488 e. The van der Waals surface area contributed by atoms with Crippen LogP contribution in [0.1, 0.15) is 37.5 Å². The lowest BCUT2D eigenvalue weighted by Gasteiger charge is -2.12. The van der Waals surface area contributed by atoms with Crippen molar-refractivity contribution in [2.45, 2.75) is 41.5 Å². The highest BCUT2D eigenvalue weighted by Gasteiger charge is 2.19. The molecule has 7 rings (SSSR count). The molecule has 18 nitrogen and oxygen atoms in total. The number of hydrogen-bond donors (Lipinski definition) is 3. The third kappa shape index (κ3) is 16.9. The predicted molar refractivity (Wildman–Crippen MR) is 258 cm³/mol. The molecule has 0 aliphatic carbocycles. The second kappa shape index (κ2) is 28.1. The normalized spacial score (nSPS) is 10.4. The second-order valence-corrected chi connectivity index (χ2v) is 15.5.